The van der Waals surface area contributed by atoms with E-state index in [1.807, 2.05) is 18.2 Å². The minimum atomic E-state index is -0.192. The molecule has 0 saturated heterocycles. The highest BCUT2D eigenvalue weighted by Gasteiger charge is 2.25. The number of hydrogen-bond acceptors (Lipinski definition) is 4. The molecule has 2 aromatic rings. The second-order valence-corrected chi connectivity index (χ2v) is 6.91. The minimum Gasteiger partial charge on any atom is -0.496 e. The van der Waals surface area contributed by atoms with Gasteiger partial charge in [-0.25, -0.2) is 0 Å². The Morgan fingerprint density at radius 2 is 1.65 bits per heavy atom. The fourth-order valence-electron chi connectivity index (χ4n) is 3.06. The molecule has 5 heteroatoms. The van der Waals surface area contributed by atoms with Gasteiger partial charge in [0.1, 0.15) is 17.1 Å². The molecule has 1 atom stereocenters. The number of carbonyl (C=O) groups excluding carboxylic acids is 1. The topological polar surface area (TPSA) is 52.6 Å². The molecule has 0 amide bonds. The van der Waals surface area contributed by atoms with Crippen LogP contribution in [0, 0.1) is 0 Å². The molecule has 0 N–H and O–H groups in total. The van der Waals surface area contributed by atoms with E-state index in [2.05, 4.69) is 6.92 Å². The van der Waals surface area contributed by atoms with Crippen molar-refractivity contribution in [3.05, 3.63) is 59.2 Å². The van der Waals surface area contributed by atoms with Gasteiger partial charge in [-0.1, -0.05) is 56.5 Å². The van der Waals surface area contributed by atoms with Gasteiger partial charge in [-0.2, -0.15) is 0 Å². The summed E-state index contributed by atoms with van der Waals surface area (Å²) in [4.78, 5) is 13.3. The van der Waals surface area contributed by atoms with E-state index in [4.69, 9.17) is 9.47 Å². The first-order chi connectivity index (χ1) is 12.7. The Morgan fingerprint density at radius 3 is 2.23 bits per heavy atom. The van der Waals surface area contributed by atoms with Crippen LogP contribution in [0.15, 0.2) is 42.5 Å². The zero-order valence-electron chi connectivity index (χ0n) is 15.5. The standard InChI is InChI=1S/C21H25O4P/c1-4-5-6-14-19(26-23)15-10-7-8-11-16(15)21(22)20-17(24-2)12-9-13-18(20)25-3/h7-13,19H,4-6,14H2,1-3H3. The lowest BCUT2D eigenvalue weighted by Crippen LogP contribution is -2.10. The van der Waals surface area contributed by atoms with Gasteiger partial charge in [0, 0.05) is 5.56 Å². The van der Waals surface area contributed by atoms with Crippen molar-refractivity contribution in [2.45, 2.75) is 38.3 Å². The van der Waals surface area contributed by atoms with Crippen LogP contribution in [0.25, 0.3) is 0 Å². The second-order valence-electron chi connectivity index (χ2n) is 6.07. The zero-order valence-corrected chi connectivity index (χ0v) is 16.4. The van der Waals surface area contributed by atoms with E-state index in [1.54, 1.807) is 24.3 Å². The van der Waals surface area contributed by atoms with Gasteiger partial charge in [-0.3, -0.25) is 9.36 Å². The summed E-state index contributed by atoms with van der Waals surface area (Å²) in [5, 5.41) is 0. The Labute approximate surface area is 156 Å². The summed E-state index contributed by atoms with van der Waals surface area (Å²) in [5.74, 6) is 0.747. The lowest BCUT2D eigenvalue weighted by molar-refractivity contribution is 0.103. The Kier molecular flexibility index (Phi) is 7.80. The fraction of sp³-hybridized carbons (Fsp3) is 0.381. The third-order valence-corrected chi connectivity index (χ3v) is 5.22. The number of carbonyl (C=O) groups is 1. The van der Waals surface area contributed by atoms with Crippen LogP contribution in [-0.4, -0.2) is 20.0 Å². The van der Waals surface area contributed by atoms with Gasteiger partial charge in [0.15, 0.2) is 8.46 Å². The Bertz CT molecular complexity index is 735. The van der Waals surface area contributed by atoms with E-state index < -0.39 is 0 Å². The Morgan fingerprint density at radius 1 is 1.00 bits per heavy atom. The zero-order chi connectivity index (χ0) is 18.9. The van der Waals surface area contributed by atoms with Crippen LogP contribution in [-0.2, 0) is 4.57 Å². The van der Waals surface area contributed by atoms with E-state index in [-0.39, 0.29) is 19.9 Å². The molecule has 4 nitrogen and oxygen atoms in total. The van der Waals surface area contributed by atoms with Gasteiger partial charge in [0.2, 0.25) is 5.78 Å². The van der Waals surface area contributed by atoms with Gasteiger partial charge >= 0.3 is 0 Å². The first kappa shape index (κ1) is 20.1. The molecule has 0 spiro atoms. The molecule has 0 heterocycles. The van der Waals surface area contributed by atoms with Gasteiger partial charge in [-0.15, -0.1) is 0 Å². The number of benzene rings is 2. The van der Waals surface area contributed by atoms with Crippen molar-refractivity contribution in [1.29, 1.82) is 0 Å². The van der Waals surface area contributed by atoms with E-state index in [0.717, 1.165) is 31.2 Å². The monoisotopic (exact) mass is 372 g/mol. The number of ketones is 1. The molecule has 2 rings (SSSR count). The third kappa shape index (κ3) is 4.50. The fourth-order valence-corrected chi connectivity index (χ4v) is 3.68. The average Bonchev–Trinajstić information content (AvgIpc) is 2.70. The van der Waals surface area contributed by atoms with Crippen molar-refractivity contribution in [3.63, 3.8) is 0 Å². The highest BCUT2D eigenvalue weighted by atomic mass is 31.1. The summed E-state index contributed by atoms with van der Waals surface area (Å²) in [6.07, 6.45) is 3.95. The number of ether oxygens (including phenoxy) is 2. The van der Waals surface area contributed by atoms with Gasteiger partial charge in [0.05, 0.1) is 19.9 Å². The Hall–Kier alpha value is -2.19. The van der Waals surface area contributed by atoms with Gasteiger partial charge in [-0.05, 0) is 24.1 Å². The molecule has 0 aliphatic heterocycles. The van der Waals surface area contributed by atoms with Crippen LogP contribution in [0.4, 0.5) is 0 Å². The maximum Gasteiger partial charge on any atom is 0.200 e. The molecule has 1 unspecified atom stereocenters. The maximum atomic E-state index is 13.3. The van der Waals surface area contributed by atoms with Crippen molar-refractivity contribution in [1.82, 2.24) is 0 Å². The predicted molar refractivity (Wildman–Crippen MR) is 104 cm³/mol. The highest BCUT2D eigenvalue weighted by Crippen LogP contribution is 2.37. The van der Waals surface area contributed by atoms with Crippen molar-refractivity contribution in [3.8, 4) is 11.5 Å². The van der Waals surface area contributed by atoms with E-state index in [1.165, 1.54) is 14.2 Å². The molecule has 0 radical (unpaired) electrons. The summed E-state index contributed by atoms with van der Waals surface area (Å²) in [6, 6.07) is 12.6. The van der Waals surface area contributed by atoms with Crippen molar-refractivity contribution in [2.75, 3.05) is 14.2 Å². The smallest absolute Gasteiger partial charge is 0.200 e. The Balaban J connectivity index is 2.47. The molecular formula is C21H25O4P. The van der Waals surface area contributed by atoms with E-state index in [0.29, 0.717) is 22.6 Å². The van der Waals surface area contributed by atoms with E-state index >= 15 is 0 Å². The highest BCUT2D eigenvalue weighted by molar-refractivity contribution is 7.24. The van der Waals surface area contributed by atoms with Crippen molar-refractivity contribution < 1.29 is 18.8 Å². The molecule has 26 heavy (non-hydrogen) atoms. The van der Waals surface area contributed by atoms with Gasteiger partial charge in [0.25, 0.3) is 0 Å². The molecule has 0 aliphatic carbocycles. The average molecular weight is 372 g/mol. The summed E-state index contributed by atoms with van der Waals surface area (Å²) >= 11 is 0. The third-order valence-electron chi connectivity index (χ3n) is 4.43. The normalized spacial score (nSPS) is 12.0. The van der Waals surface area contributed by atoms with Crippen LogP contribution in [0.3, 0.4) is 0 Å². The number of hydrogen-bond donors (Lipinski definition) is 0. The summed E-state index contributed by atoms with van der Waals surface area (Å²) in [5.41, 5.74) is 1.54. The SMILES string of the molecule is CCCCCC(P=O)c1ccccc1C(=O)c1c(OC)cccc1OC. The minimum absolute atomic E-state index is 0.0350. The first-order valence-corrected chi connectivity index (χ1v) is 9.73. The van der Waals surface area contributed by atoms with Crippen molar-refractivity contribution in [2.24, 2.45) is 0 Å². The quantitative estimate of drug-likeness (QED) is 0.298. The molecule has 0 aromatic heterocycles. The number of methoxy groups -OCH3 is 2. The van der Waals surface area contributed by atoms with Crippen molar-refractivity contribution >= 4 is 14.2 Å². The number of unbranched alkanes of at least 4 members (excludes halogenated alkanes) is 2. The molecule has 138 valence electrons. The molecule has 0 fully saturated rings. The molecule has 2 aromatic carbocycles. The predicted octanol–water partition coefficient (Wildman–Crippen LogP) is 5.85. The largest absolute Gasteiger partial charge is 0.496 e. The summed E-state index contributed by atoms with van der Waals surface area (Å²) < 4.78 is 22.5. The first-order valence-electron chi connectivity index (χ1n) is 8.85. The lowest BCUT2D eigenvalue weighted by atomic mass is 9.93. The summed E-state index contributed by atoms with van der Waals surface area (Å²) in [6.45, 7) is 2.13. The van der Waals surface area contributed by atoms with Crippen LogP contribution in [0.2, 0.25) is 0 Å². The van der Waals surface area contributed by atoms with Crippen LogP contribution in [0.5, 0.6) is 11.5 Å². The second kappa shape index (κ2) is 10.1. The summed E-state index contributed by atoms with van der Waals surface area (Å²) in [7, 11) is 3.09. The van der Waals surface area contributed by atoms with Crippen LogP contribution >= 0.6 is 8.46 Å². The maximum absolute atomic E-state index is 13.3. The van der Waals surface area contributed by atoms with Crippen LogP contribution in [0.1, 0.15) is 59.8 Å². The van der Waals surface area contributed by atoms with Gasteiger partial charge < -0.3 is 9.47 Å². The molecule has 0 aliphatic rings. The lowest BCUT2D eigenvalue weighted by Gasteiger charge is -2.16. The number of rotatable bonds is 10. The van der Waals surface area contributed by atoms with E-state index in [9.17, 15) is 9.36 Å². The molecular weight excluding hydrogens is 347 g/mol. The molecule has 0 saturated carbocycles. The van der Waals surface area contributed by atoms with Crippen LogP contribution < -0.4 is 9.47 Å². The molecule has 0 bridgehead atoms.